The van der Waals surface area contributed by atoms with Crippen LogP contribution in [0.15, 0.2) is 53.0 Å². The van der Waals surface area contributed by atoms with Crippen molar-refractivity contribution in [3.63, 3.8) is 0 Å². The van der Waals surface area contributed by atoms with Gasteiger partial charge in [0.05, 0.1) is 0 Å². The van der Waals surface area contributed by atoms with Crippen molar-refractivity contribution in [3.05, 3.63) is 64.1 Å². The molecule has 0 aromatic heterocycles. The van der Waals surface area contributed by atoms with Crippen LogP contribution < -0.4 is 10.1 Å². The summed E-state index contributed by atoms with van der Waals surface area (Å²) in [5.74, 6) is 0.554. The van der Waals surface area contributed by atoms with Gasteiger partial charge in [-0.1, -0.05) is 40.2 Å². The summed E-state index contributed by atoms with van der Waals surface area (Å²) < 4.78 is 6.60. The number of carbonyl (C=O) groups is 1. The molecule has 0 aliphatic rings. The van der Waals surface area contributed by atoms with Crippen LogP contribution in [0.2, 0.25) is 0 Å². The number of hydrogen-bond donors (Lipinski definition) is 1. The molecule has 1 amide bonds. The minimum absolute atomic E-state index is 0.124. The number of ether oxygens (including phenoxy) is 1. The summed E-state index contributed by atoms with van der Waals surface area (Å²) in [5, 5.41) is 2.90. The van der Waals surface area contributed by atoms with Crippen LogP contribution in [0.1, 0.15) is 18.1 Å². The van der Waals surface area contributed by atoms with Crippen molar-refractivity contribution in [3.8, 4) is 5.75 Å². The van der Waals surface area contributed by atoms with Gasteiger partial charge in [0.15, 0.2) is 6.10 Å². The van der Waals surface area contributed by atoms with Gasteiger partial charge in [0.1, 0.15) is 5.75 Å². The van der Waals surface area contributed by atoms with Crippen LogP contribution in [0, 0.1) is 6.92 Å². The summed E-state index contributed by atoms with van der Waals surface area (Å²) in [6, 6.07) is 15.4. The maximum Gasteiger partial charge on any atom is 0.261 e. The van der Waals surface area contributed by atoms with Crippen molar-refractivity contribution >= 4 is 21.8 Å². The average molecular weight is 348 g/mol. The van der Waals surface area contributed by atoms with Crippen molar-refractivity contribution in [2.45, 2.75) is 26.5 Å². The van der Waals surface area contributed by atoms with E-state index in [-0.39, 0.29) is 5.91 Å². The minimum Gasteiger partial charge on any atom is -0.481 e. The van der Waals surface area contributed by atoms with Gasteiger partial charge >= 0.3 is 0 Å². The van der Waals surface area contributed by atoms with Gasteiger partial charge in [-0.3, -0.25) is 4.79 Å². The van der Waals surface area contributed by atoms with Crippen LogP contribution in [0.4, 0.5) is 0 Å². The first-order chi connectivity index (χ1) is 10.1. The summed E-state index contributed by atoms with van der Waals surface area (Å²) in [4.78, 5) is 12.1. The molecule has 1 atom stereocenters. The van der Waals surface area contributed by atoms with E-state index in [0.717, 1.165) is 10.0 Å². The Kier molecular flexibility index (Phi) is 5.39. The predicted molar refractivity (Wildman–Crippen MR) is 87.3 cm³/mol. The normalized spacial score (nSPS) is 11.8. The first kappa shape index (κ1) is 15.6. The van der Waals surface area contributed by atoms with E-state index in [2.05, 4.69) is 21.2 Å². The number of aryl methyl sites for hydroxylation is 1. The van der Waals surface area contributed by atoms with Crippen molar-refractivity contribution < 1.29 is 9.53 Å². The highest BCUT2D eigenvalue weighted by atomic mass is 79.9. The maximum atomic E-state index is 12.1. The molecule has 3 nitrogen and oxygen atoms in total. The van der Waals surface area contributed by atoms with Gasteiger partial charge in [-0.25, -0.2) is 0 Å². The number of amides is 1. The number of benzene rings is 2. The Morgan fingerprint density at radius 1 is 1.19 bits per heavy atom. The van der Waals surface area contributed by atoms with Crippen LogP contribution in [-0.4, -0.2) is 12.0 Å². The van der Waals surface area contributed by atoms with Gasteiger partial charge in [-0.15, -0.1) is 0 Å². The largest absolute Gasteiger partial charge is 0.481 e. The highest BCUT2D eigenvalue weighted by Gasteiger charge is 2.14. The number of halogens is 1. The third kappa shape index (κ3) is 4.60. The van der Waals surface area contributed by atoms with E-state index in [0.29, 0.717) is 12.3 Å². The Hall–Kier alpha value is -1.81. The third-order valence-electron chi connectivity index (χ3n) is 3.21. The Labute approximate surface area is 133 Å². The summed E-state index contributed by atoms with van der Waals surface area (Å²) in [6.07, 6.45) is -0.532. The lowest BCUT2D eigenvalue weighted by atomic mass is 10.1. The molecule has 21 heavy (non-hydrogen) atoms. The molecule has 0 radical (unpaired) electrons. The van der Waals surface area contributed by atoms with Crippen LogP contribution in [0.3, 0.4) is 0 Å². The Balaban J connectivity index is 1.88. The molecule has 2 aromatic carbocycles. The zero-order valence-corrected chi connectivity index (χ0v) is 13.7. The fourth-order valence-corrected chi connectivity index (χ4v) is 2.17. The van der Waals surface area contributed by atoms with E-state index < -0.39 is 6.10 Å². The lowest BCUT2D eigenvalue weighted by Crippen LogP contribution is -2.36. The zero-order chi connectivity index (χ0) is 15.2. The van der Waals surface area contributed by atoms with E-state index in [1.54, 1.807) is 6.92 Å². The van der Waals surface area contributed by atoms with Gasteiger partial charge in [0.2, 0.25) is 0 Å². The van der Waals surface area contributed by atoms with Crippen LogP contribution >= 0.6 is 15.9 Å². The Morgan fingerprint density at radius 3 is 2.52 bits per heavy atom. The standard InChI is InChI=1S/C17H18BrNO2/c1-12-5-3-4-6-14(12)11-19-17(20)13(2)21-16-9-7-15(18)8-10-16/h3-10,13H,11H2,1-2H3,(H,19,20)/t13-/m1/s1. The van der Waals surface area contributed by atoms with Crippen molar-refractivity contribution in [1.82, 2.24) is 5.32 Å². The van der Waals surface area contributed by atoms with E-state index in [9.17, 15) is 4.79 Å². The lowest BCUT2D eigenvalue weighted by Gasteiger charge is -2.15. The summed E-state index contributed by atoms with van der Waals surface area (Å²) in [7, 11) is 0. The van der Waals surface area contributed by atoms with Crippen LogP contribution in [-0.2, 0) is 11.3 Å². The first-order valence-electron chi connectivity index (χ1n) is 6.80. The number of nitrogens with one attached hydrogen (secondary N) is 1. The predicted octanol–water partition coefficient (Wildman–Crippen LogP) is 3.84. The second-order valence-corrected chi connectivity index (χ2v) is 5.77. The van der Waals surface area contributed by atoms with E-state index in [1.165, 1.54) is 5.56 Å². The van der Waals surface area contributed by atoms with Gasteiger partial charge in [0, 0.05) is 11.0 Å². The van der Waals surface area contributed by atoms with Crippen LogP contribution in [0.25, 0.3) is 0 Å². The van der Waals surface area contributed by atoms with Gasteiger partial charge in [-0.05, 0) is 49.2 Å². The highest BCUT2D eigenvalue weighted by molar-refractivity contribution is 9.10. The fourth-order valence-electron chi connectivity index (χ4n) is 1.91. The summed E-state index contributed by atoms with van der Waals surface area (Å²) >= 11 is 3.36. The van der Waals surface area contributed by atoms with Crippen molar-refractivity contribution in [1.29, 1.82) is 0 Å². The third-order valence-corrected chi connectivity index (χ3v) is 3.74. The smallest absolute Gasteiger partial charge is 0.261 e. The van der Waals surface area contributed by atoms with E-state index >= 15 is 0 Å². The molecule has 110 valence electrons. The second-order valence-electron chi connectivity index (χ2n) is 4.86. The number of rotatable bonds is 5. The molecular formula is C17H18BrNO2. The molecule has 0 aliphatic carbocycles. The van der Waals surface area contributed by atoms with Crippen LogP contribution in [0.5, 0.6) is 5.75 Å². The molecule has 0 fully saturated rings. The molecule has 0 saturated carbocycles. The molecular weight excluding hydrogens is 330 g/mol. The molecule has 0 bridgehead atoms. The minimum atomic E-state index is -0.532. The van der Waals surface area contributed by atoms with Gasteiger partial charge in [0.25, 0.3) is 5.91 Å². The highest BCUT2D eigenvalue weighted by Crippen LogP contribution is 2.17. The molecule has 0 spiro atoms. The van der Waals surface area contributed by atoms with Crippen molar-refractivity contribution in [2.24, 2.45) is 0 Å². The maximum absolute atomic E-state index is 12.1. The average Bonchev–Trinajstić information content (AvgIpc) is 2.48. The molecule has 0 saturated heterocycles. The Morgan fingerprint density at radius 2 is 1.86 bits per heavy atom. The summed E-state index contributed by atoms with van der Waals surface area (Å²) in [5.41, 5.74) is 2.28. The fraction of sp³-hybridized carbons (Fsp3) is 0.235. The first-order valence-corrected chi connectivity index (χ1v) is 7.60. The Bertz CT molecular complexity index is 610. The molecule has 2 aromatic rings. The molecule has 4 heteroatoms. The quantitative estimate of drug-likeness (QED) is 0.892. The molecule has 0 heterocycles. The van der Waals surface area contributed by atoms with Gasteiger partial charge in [-0.2, -0.15) is 0 Å². The number of hydrogen-bond acceptors (Lipinski definition) is 2. The lowest BCUT2D eigenvalue weighted by molar-refractivity contribution is -0.127. The molecule has 2 rings (SSSR count). The molecule has 0 unspecified atom stereocenters. The molecule has 1 N–H and O–H groups in total. The topological polar surface area (TPSA) is 38.3 Å². The molecule has 0 aliphatic heterocycles. The second kappa shape index (κ2) is 7.27. The number of carbonyl (C=O) groups excluding carboxylic acids is 1. The van der Waals surface area contributed by atoms with E-state index in [1.807, 2.05) is 55.5 Å². The van der Waals surface area contributed by atoms with Crippen molar-refractivity contribution in [2.75, 3.05) is 0 Å². The van der Waals surface area contributed by atoms with E-state index in [4.69, 9.17) is 4.74 Å². The SMILES string of the molecule is Cc1ccccc1CNC(=O)[C@@H](C)Oc1ccc(Br)cc1. The zero-order valence-electron chi connectivity index (χ0n) is 12.1. The summed E-state index contributed by atoms with van der Waals surface area (Å²) in [6.45, 7) is 4.29. The monoisotopic (exact) mass is 347 g/mol. The van der Waals surface area contributed by atoms with Gasteiger partial charge < -0.3 is 10.1 Å².